The maximum atomic E-state index is 13.2. The number of nitrogens with zero attached hydrogens (tertiary/aromatic N) is 4. The van der Waals surface area contributed by atoms with Crippen molar-refractivity contribution in [3.63, 3.8) is 0 Å². The van der Waals surface area contributed by atoms with E-state index in [2.05, 4.69) is 32.1 Å². The molecule has 6 rings (SSSR count). The van der Waals surface area contributed by atoms with Crippen LogP contribution in [-0.4, -0.2) is 19.9 Å². The summed E-state index contributed by atoms with van der Waals surface area (Å²) in [5.74, 6) is -3.46. The maximum absolute atomic E-state index is 13.2. The van der Waals surface area contributed by atoms with Gasteiger partial charge in [-0.15, -0.1) is 29.8 Å². The second-order valence-electron chi connectivity index (χ2n) is 9.21. The molecule has 4 aromatic heterocycles. The van der Waals surface area contributed by atoms with Crippen molar-refractivity contribution in [1.29, 1.82) is 0 Å². The van der Waals surface area contributed by atoms with E-state index in [0.717, 1.165) is 18.2 Å². The van der Waals surface area contributed by atoms with E-state index in [1.54, 1.807) is 48.8 Å². The number of hydrogen-bond acceptors (Lipinski definition) is 4. The Morgan fingerprint density at radius 3 is 1.38 bits per heavy atom. The molecule has 0 amide bonds. The van der Waals surface area contributed by atoms with Gasteiger partial charge in [0.05, 0.1) is 11.4 Å². The maximum Gasteiger partial charge on any atom is 3.00 e. The topological polar surface area (TPSA) is 51.6 Å². The summed E-state index contributed by atoms with van der Waals surface area (Å²) in [5.41, 5.74) is 2.11. The van der Waals surface area contributed by atoms with Crippen LogP contribution < -0.4 is 0 Å². The fraction of sp³-hybridized carbons (Fsp3) is 0. The van der Waals surface area contributed by atoms with Crippen molar-refractivity contribution >= 4 is 7.81 Å². The molecule has 6 aromatic rings. The van der Waals surface area contributed by atoms with Crippen LogP contribution in [-0.2, 0) is 20.1 Å². The molecule has 0 saturated carbocycles. The molecule has 0 radical (unpaired) electrons. The zero-order valence-corrected chi connectivity index (χ0v) is 27.8. The van der Waals surface area contributed by atoms with Crippen molar-refractivity contribution < 1.29 is 71.6 Å². The Morgan fingerprint density at radius 1 is 0.480 bits per heavy atom. The van der Waals surface area contributed by atoms with Gasteiger partial charge in [-0.2, -0.15) is 0 Å². The first-order valence-electron chi connectivity index (χ1n) is 13.1. The molecular weight excluding hydrogens is 892 g/mol. The Hall–Kier alpha value is -4.72. The first kappa shape index (κ1) is 41.5. The molecule has 0 fully saturated rings. The number of rotatable bonds is 3. The first-order valence-corrected chi connectivity index (χ1v) is 15.1. The molecule has 0 saturated heterocycles. The van der Waals surface area contributed by atoms with E-state index >= 15 is 0 Å². The molecule has 0 bridgehead atoms. The van der Waals surface area contributed by atoms with Crippen molar-refractivity contribution in [3.05, 3.63) is 157 Å². The van der Waals surface area contributed by atoms with Crippen molar-refractivity contribution in [2.75, 3.05) is 0 Å². The standard InChI is InChI=1S/2C11H6F2N.C10H6F2N2.F6P.Ir/c12-8-4-5-9(10(13)7-8)11-3-1-2-6-14-11;12-9-5-8(6-10(13)7-9)11-3-1-2-4-14-11;11-7-1-3-13-9(5-7)10-6-8(12)2-4-14-10;1-7(2,3,4,5)6;/h1-4,6-7H;1-5,7H;1-6H;;/q2*-1;;-1;+3. The summed E-state index contributed by atoms with van der Waals surface area (Å²) < 4.78 is 136. The molecule has 0 N–H and O–H groups in total. The van der Waals surface area contributed by atoms with Crippen molar-refractivity contribution in [2.45, 2.75) is 0 Å². The Labute approximate surface area is 289 Å². The van der Waals surface area contributed by atoms with Crippen LogP contribution in [0.15, 0.2) is 110 Å². The van der Waals surface area contributed by atoms with Crippen LogP contribution in [0.2, 0.25) is 0 Å². The molecule has 0 aliphatic rings. The van der Waals surface area contributed by atoms with E-state index in [1.807, 2.05) is 0 Å². The monoisotopic (exact) mass is 910 g/mol. The Kier molecular flexibility index (Phi) is 13.9. The zero-order chi connectivity index (χ0) is 36.3. The van der Waals surface area contributed by atoms with Gasteiger partial charge < -0.3 is 9.97 Å². The molecule has 4 nitrogen and oxygen atoms in total. The van der Waals surface area contributed by atoms with Crippen molar-refractivity contribution in [3.8, 4) is 33.9 Å². The predicted octanol–water partition coefficient (Wildman–Crippen LogP) is 11.5. The third kappa shape index (κ3) is 16.6. The molecule has 0 spiro atoms. The van der Waals surface area contributed by atoms with Gasteiger partial charge in [0.2, 0.25) is 0 Å². The number of hydrogen-bond donors (Lipinski definition) is 0. The molecule has 2 aromatic carbocycles. The molecule has 4 heterocycles. The summed E-state index contributed by atoms with van der Waals surface area (Å²) >= 11 is 0. The smallest absolute Gasteiger partial charge is 0.305 e. The summed E-state index contributed by atoms with van der Waals surface area (Å²) in [6.45, 7) is 0. The predicted molar refractivity (Wildman–Crippen MR) is 158 cm³/mol. The van der Waals surface area contributed by atoms with E-state index in [9.17, 15) is 51.5 Å². The van der Waals surface area contributed by atoms with Crippen LogP contribution in [0.1, 0.15) is 0 Å². The number of benzene rings is 2. The Balaban J connectivity index is 0.000000236. The minimum atomic E-state index is -10.7. The Morgan fingerprint density at radius 2 is 0.960 bits per heavy atom. The molecule has 0 aliphatic heterocycles. The van der Waals surface area contributed by atoms with E-state index in [4.69, 9.17) is 0 Å². The van der Waals surface area contributed by atoms with Gasteiger partial charge in [-0.25, -0.2) is 17.6 Å². The fourth-order valence-corrected chi connectivity index (χ4v) is 3.40. The molecule has 0 atom stereocenters. The van der Waals surface area contributed by atoms with E-state index in [-0.39, 0.29) is 25.7 Å². The molecule has 0 aliphatic carbocycles. The Bertz CT molecular complexity index is 1910. The largest absolute Gasteiger partial charge is 3.00 e. The average molecular weight is 910 g/mol. The zero-order valence-electron chi connectivity index (χ0n) is 24.5. The van der Waals surface area contributed by atoms with Crippen LogP contribution in [0.25, 0.3) is 33.9 Å². The van der Waals surface area contributed by atoms with Crippen LogP contribution in [0.5, 0.6) is 0 Å². The number of halogens is 12. The number of pyridine rings is 4. The SMILES string of the molecule is F[P-](F)(F)(F)(F)F.Fc1[c-]c(-c2ccccn2)cc(F)c1.Fc1c[c-]c(-c2ccccn2)c(F)c1.Fc1ccnc(-c2cc(F)ccn2)c1.[Ir+3]. The van der Waals surface area contributed by atoms with Gasteiger partial charge in [0.25, 0.3) is 0 Å². The summed E-state index contributed by atoms with van der Waals surface area (Å²) in [7, 11) is -10.7. The van der Waals surface area contributed by atoms with Crippen LogP contribution in [0, 0.1) is 47.0 Å². The quantitative estimate of drug-likeness (QED) is 0.101. The molecule has 264 valence electrons. The third-order valence-corrected chi connectivity index (χ3v) is 5.23. The minimum Gasteiger partial charge on any atom is -0.305 e. The first-order chi connectivity index (χ1) is 22.7. The van der Waals surface area contributed by atoms with E-state index in [0.29, 0.717) is 28.3 Å². The molecule has 0 unspecified atom stereocenters. The fourth-order valence-electron chi connectivity index (χ4n) is 3.40. The van der Waals surface area contributed by atoms with E-state index in [1.165, 1.54) is 42.7 Å². The normalized spacial score (nSPS) is 11.8. The second kappa shape index (κ2) is 16.8. The van der Waals surface area contributed by atoms with Gasteiger partial charge in [0, 0.05) is 60.2 Å². The molecule has 18 heteroatoms. The van der Waals surface area contributed by atoms with Crippen LogP contribution in [0.3, 0.4) is 0 Å². The summed E-state index contributed by atoms with van der Waals surface area (Å²) in [4.78, 5) is 15.7. The van der Waals surface area contributed by atoms with Crippen LogP contribution in [0.4, 0.5) is 51.5 Å². The van der Waals surface area contributed by atoms with Gasteiger partial charge in [-0.3, -0.25) is 18.7 Å². The van der Waals surface area contributed by atoms with Gasteiger partial charge >= 0.3 is 53.1 Å². The van der Waals surface area contributed by atoms with Crippen molar-refractivity contribution in [2.24, 2.45) is 0 Å². The third-order valence-electron chi connectivity index (χ3n) is 5.23. The summed E-state index contributed by atoms with van der Waals surface area (Å²) in [6, 6.07) is 23.9. The minimum absolute atomic E-state index is 0. The summed E-state index contributed by atoms with van der Waals surface area (Å²) in [6.07, 6.45) is 5.74. The second-order valence-corrected chi connectivity index (χ2v) is 11.1. The van der Waals surface area contributed by atoms with Gasteiger partial charge in [0.1, 0.15) is 11.6 Å². The summed E-state index contributed by atoms with van der Waals surface area (Å²) in [5, 5.41) is 0. The van der Waals surface area contributed by atoms with Crippen molar-refractivity contribution in [1.82, 2.24) is 19.9 Å². The molecule has 50 heavy (non-hydrogen) atoms. The van der Waals surface area contributed by atoms with Crippen LogP contribution >= 0.6 is 7.81 Å². The number of aromatic nitrogens is 4. The van der Waals surface area contributed by atoms with E-state index < -0.39 is 42.7 Å². The molecular formula is C32H18F12IrN4P. The van der Waals surface area contributed by atoms with Gasteiger partial charge in [-0.1, -0.05) is 42.0 Å². The van der Waals surface area contributed by atoms with Gasteiger partial charge in [0.15, 0.2) is 0 Å². The van der Waals surface area contributed by atoms with Gasteiger partial charge in [-0.05, 0) is 35.7 Å². The average Bonchev–Trinajstić information content (AvgIpc) is 3.01.